The van der Waals surface area contributed by atoms with Gasteiger partial charge in [-0.15, -0.1) is 0 Å². The lowest BCUT2D eigenvalue weighted by molar-refractivity contribution is 0.269. The summed E-state index contributed by atoms with van der Waals surface area (Å²) in [6.45, 7) is 2.03. The number of anilines is 1. The molecule has 0 bridgehead atoms. The van der Waals surface area contributed by atoms with Crippen molar-refractivity contribution in [3.05, 3.63) is 77.1 Å². The van der Waals surface area contributed by atoms with Gasteiger partial charge in [-0.25, -0.2) is 9.97 Å². The molecule has 0 spiro atoms. The Labute approximate surface area is 206 Å². The van der Waals surface area contributed by atoms with Gasteiger partial charge in [0.25, 0.3) is 5.24 Å². The first kappa shape index (κ1) is 23.7. The van der Waals surface area contributed by atoms with Gasteiger partial charge >= 0.3 is 0 Å². The maximum atomic E-state index is 12.4. The fourth-order valence-corrected chi connectivity index (χ4v) is 4.08. The molecule has 1 N–H and O–H groups in total. The number of benzene rings is 3. The molecule has 174 valence electrons. The summed E-state index contributed by atoms with van der Waals surface area (Å²) in [5, 5.41) is 3.63. The Morgan fingerprint density at radius 1 is 1.00 bits per heavy atom. The lowest BCUT2D eigenvalue weighted by Crippen LogP contribution is -2.05. The number of nitrogens with one attached hydrogen (secondary N) is 1. The lowest BCUT2D eigenvalue weighted by Gasteiger charge is -2.12. The zero-order valence-electron chi connectivity index (χ0n) is 18.8. The molecule has 0 unspecified atom stereocenters. The first-order chi connectivity index (χ1) is 16.5. The number of rotatable bonds is 7. The molecule has 1 amide bonds. The SMILES string of the molecule is COc1cc2ncnc(Oc3ccc(NC(=O)SCc4ccc(C)cc4)c(Cl)c3)c2cc1OC. The molecule has 4 aromatic rings. The van der Waals surface area contributed by atoms with Crippen molar-refractivity contribution < 1.29 is 19.0 Å². The van der Waals surface area contributed by atoms with Crippen LogP contribution in [-0.2, 0) is 5.75 Å². The Hall–Kier alpha value is -3.49. The minimum absolute atomic E-state index is 0.195. The monoisotopic (exact) mass is 495 g/mol. The third kappa shape index (κ3) is 5.52. The van der Waals surface area contributed by atoms with E-state index >= 15 is 0 Å². The number of thioether (sulfide) groups is 1. The molecule has 0 saturated heterocycles. The Balaban J connectivity index is 1.46. The summed E-state index contributed by atoms with van der Waals surface area (Å²) in [7, 11) is 3.12. The van der Waals surface area contributed by atoms with Crippen LogP contribution < -0.4 is 19.5 Å². The molecule has 0 radical (unpaired) electrons. The molecule has 9 heteroatoms. The van der Waals surface area contributed by atoms with Crippen LogP contribution in [0.4, 0.5) is 10.5 Å². The number of halogens is 1. The number of ether oxygens (including phenoxy) is 3. The highest BCUT2D eigenvalue weighted by molar-refractivity contribution is 8.13. The third-order valence-corrected chi connectivity index (χ3v) is 6.14. The average molecular weight is 496 g/mol. The van der Waals surface area contributed by atoms with E-state index in [4.69, 9.17) is 25.8 Å². The second-order valence-electron chi connectivity index (χ2n) is 7.33. The van der Waals surface area contributed by atoms with Gasteiger partial charge in [0.1, 0.15) is 12.1 Å². The summed E-state index contributed by atoms with van der Waals surface area (Å²) in [6, 6.07) is 16.6. The predicted molar refractivity (Wildman–Crippen MR) is 136 cm³/mol. The summed E-state index contributed by atoms with van der Waals surface area (Å²) in [6.07, 6.45) is 1.41. The first-order valence-corrected chi connectivity index (χ1v) is 11.7. The van der Waals surface area contributed by atoms with E-state index in [0.29, 0.717) is 50.5 Å². The molecule has 1 aromatic heterocycles. The Kier molecular flexibility index (Phi) is 7.40. The molecule has 1 heterocycles. The Bertz CT molecular complexity index is 1330. The van der Waals surface area contributed by atoms with Crippen LogP contribution in [0.25, 0.3) is 10.9 Å². The number of hydrogen-bond acceptors (Lipinski definition) is 7. The van der Waals surface area contributed by atoms with Crippen LogP contribution >= 0.6 is 23.4 Å². The van der Waals surface area contributed by atoms with Gasteiger partial charge in [0.05, 0.1) is 35.8 Å². The largest absolute Gasteiger partial charge is 0.493 e. The molecule has 0 aliphatic rings. The normalized spacial score (nSPS) is 10.7. The third-order valence-electron chi connectivity index (χ3n) is 4.99. The smallest absolute Gasteiger partial charge is 0.283 e. The number of hydrogen-bond donors (Lipinski definition) is 1. The zero-order chi connectivity index (χ0) is 24.1. The van der Waals surface area contributed by atoms with E-state index in [1.54, 1.807) is 44.6 Å². The van der Waals surface area contributed by atoms with Gasteiger partial charge < -0.3 is 19.5 Å². The van der Waals surface area contributed by atoms with Crippen molar-refractivity contribution in [2.75, 3.05) is 19.5 Å². The van der Waals surface area contributed by atoms with Gasteiger partial charge in [-0.1, -0.05) is 53.2 Å². The van der Waals surface area contributed by atoms with Crippen LogP contribution in [0, 0.1) is 6.92 Å². The molecule has 0 aliphatic carbocycles. The summed E-state index contributed by atoms with van der Waals surface area (Å²) >= 11 is 7.58. The van der Waals surface area contributed by atoms with E-state index in [2.05, 4.69) is 15.3 Å². The minimum atomic E-state index is -0.195. The number of aromatic nitrogens is 2. The molecule has 34 heavy (non-hydrogen) atoms. The quantitative estimate of drug-likeness (QED) is 0.299. The van der Waals surface area contributed by atoms with Crippen LogP contribution in [0.5, 0.6) is 23.1 Å². The standard InChI is InChI=1S/C25H22ClN3O4S/c1-15-4-6-16(7-5-15)13-34-25(30)29-20-9-8-17(10-19(20)26)33-24-18-11-22(31-2)23(32-3)12-21(18)27-14-28-24/h4-12,14H,13H2,1-3H3,(H,29,30). The van der Waals surface area contributed by atoms with Gasteiger partial charge in [-0.2, -0.15) is 0 Å². The number of methoxy groups -OCH3 is 2. The second kappa shape index (κ2) is 10.6. The highest BCUT2D eigenvalue weighted by Crippen LogP contribution is 2.37. The van der Waals surface area contributed by atoms with E-state index in [1.165, 1.54) is 23.7 Å². The fraction of sp³-hybridized carbons (Fsp3) is 0.160. The Morgan fingerprint density at radius 3 is 2.44 bits per heavy atom. The molecule has 0 saturated carbocycles. The van der Waals surface area contributed by atoms with Gasteiger partial charge in [-0.3, -0.25) is 4.79 Å². The molecule has 4 rings (SSSR count). The van der Waals surface area contributed by atoms with E-state index in [1.807, 2.05) is 31.2 Å². The van der Waals surface area contributed by atoms with Gasteiger partial charge in [0.15, 0.2) is 11.5 Å². The summed E-state index contributed by atoms with van der Waals surface area (Å²) in [5.74, 6) is 2.47. The molecular formula is C25H22ClN3O4S. The zero-order valence-corrected chi connectivity index (χ0v) is 20.4. The van der Waals surface area contributed by atoms with Crippen LogP contribution in [0.1, 0.15) is 11.1 Å². The van der Waals surface area contributed by atoms with Gasteiger partial charge in [-0.05, 0) is 30.7 Å². The summed E-state index contributed by atoms with van der Waals surface area (Å²) in [5.41, 5.74) is 3.39. The Morgan fingerprint density at radius 2 is 1.74 bits per heavy atom. The van der Waals surface area contributed by atoms with E-state index in [9.17, 15) is 4.79 Å². The van der Waals surface area contributed by atoms with Gasteiger partial charge in [0, 0.05) is 17.9 Å². The maximum Gasteiger partial charge on any atom is 0.283 e. The molecule has 0 atom stereocenters. The number of amides is 1. The maximum absolute atomic E-state index is 12.4. The van der Waals surface area contributed by atoms with Crippen LogP contribution in [0.3, 0.4) is 0 Å². The highest BCUT2D eigenvalue weighted by Gasteiger charge is 2.14. The van der Waals surface area contributed by atoms with Crippen molar-refractivity contribution in [3.63, 3.8) is 0 Å². The topological polar surface area (TPSA) is 82.6 Å². The number of aryl methyl sites for hydroxylation is 1. The highest BCUT2D eigenvalue weighted by atomic mass is 35.5. The molecule has 0 fully saturated rings. The lowest BCUT2D eigenvalue weighted by atomic mass is 10.2. The molecule has 3 aromatic carbocycles. The van der Waals surface area contributed by atoms with Crippen molar-refractivity contribution in [1.82, 2.24) is 9.97 Å². The first-order valence-electron chi connectivity index (χ1n) is 10.3. The van der Waals surface area contributed by atoms with Crippen LogP contribution in [0.15, 0.2) is 60.9 Å². The summed E-state index contributed by atoms with van der Waals surface area (Å²) in [4.78, 5) is 20.9. The van der Waals surface area contributed by atoms with E-state index < -0.39 is 0 Å². The number of carbonyl (C=O) groups is 1. The van der Waals surface area contributed by atoms with Crippen LogP contribution in [-0.4, -0.2) is 29.4 Å². The predicted octanol–water partition coefficient (Wildman–Crippen LogP) is 6.87. The molecular weight excluding hydrogens is 474 g/mol. The van der Waals surface area contributed by atoms with Crippen LogP contribution in [0.2, 0.25) is 5.02 Å². The molecule has 0 aliphatic heterocycles. The van der Waals surface area contributed by atoms with Crippen molar-refractivity contribution >= 4 is 45.2 Å². The fourth-order valence-electron chi connectivity index (χ4n) is 3.19. The van der Waals surface area contributed by atoms with E-state index in [-0.39, 0.29) is 5.24 Å². The van der Waals surface area contributed by atoms with E-state index in [0.717, 1.165) is 5.56 Å². The van der Waals surface area contributed by atoms with Crippen molar-refractivity contribution in [3.8, 4) is 23.1 Å². The second-order valence-corrected chi connectivity index (χ2v) is 8.69. The summed E-state index contributed by atoms with van der Waals surface area (Å²) < 4.78 is 16.7. The van der Waals surface area contributed by atoms with Crippen molar-refractivity contribution in [2.24, 2.45) is 0 Å². The number of carbonyl (C=O) groups excluding carboxylic acids is 1. The number of fused-ring (bicyclic) bond motifs is 1. The molecule has 7 nitrogen and oxygen atoms in total. The minimum Gasteiger partial charge on any atom is -0.493 e. The average Bonchev–Trinajstić information content (AvgIpc) is 2.84. The van der Waals surface area contributed by atoms with Crippen molar-refractivity contribution in [2.45, 2.75) is 12.7 Å². The van der Waals surface area contributed by atoms with Gasteiger partial charge in [0.2, 0.25) is 5.88 Å². The number of nitrogens with zero attached hydrogens (tertiary/aromatic N) is 2. The van der Waals surface area contributed by atoms with Crippen molar-refractivity contribution in [1.29, 1.82) is 0 Å².